The zero-order valence-electron chi connectivity index (χ0n) is 15.1. The van der Waals surface area contributed by atoms with Crippen molar-refractivity contribution in [3.8, 4) is 5.75 Å². The molecule has 2 aliphatic heterocycles. The highest BCUT2D eigenvalue weighted by atomic mass is 35.5. The molecule has 29 heavy (non-hydrogen) atoms. The average Bonchev–Trinajstić information content (AvgIpc) is 2.79. The molecular weight excluding hydrogens is 406 g/mol. The number of nitrogens with two attached hydrogens (primary N) is 1. The number of hydrogen-bond donors (Lipinski definition) is 2. The van der Waals surface area contributed by atoms with Crippen LogP contribution >= 0.6 is 11.6 Å². The molecule has 1 aromatic carbocycles. The molecule has 2 aliphatic rings. The van der Waals surface area contributed by atoms with Crippen molar-refractivity contribution in [3.05, 3.63) is 58.9 Å². The summed E-state index contributed by atoms with van der Waals surface area (Å²) in [4.78, 5) is 20.5. The molecule has 3 N–H and O–H groups in total. The first-order chi connectivity index (χ1) is 13.8. The highest BCUT2D eigenvalue weighted by molar-refractivity contribution is 6.33. The molecule has 10 heteroatoms. The van der Waals surface area contributed by atoms with Crippen LogP contribution in [0.2, 0.25) is 5.02 Å². The number of benzene rings is 1. The van der Waals surface area contributed by atoms with Crippen LogP contribution in [0.25, 0.3) is 0 Å². The smallest absolute Gasteiger partial charge is 0.300 e. The second kappa shape index (κ2) is 7.23. The first-order valence-electron chi connectivity index (χ1n) is 8.82. The van der Waals surface area contributed by atoms with Gasteiger partial charge in [0.2, 0.25) is 0 Å². The zero-order chi connectivity index (χ0) is 20.6. The van der Waals surface area contributed by atoms with Gasteiger partial charge in [0, 0.05) is 18.2 Å². The van der Waals surface area contributed by atoms with Crippen molar-refractivity contribution in [2.45, 2.75) is 24.1 Å². The van der Waals surface area contributed by atoms with Crippen LogP contribution < -0.4 is 15.8 Å². The van der Waals surface area contributed by atoms with E-state index in [1.807, 2.05) is 0 Å². The monoisotopic (exact) mass is 422 g/mol. The van der Waals surface area contributed by atoms with Crippen LogP contribution in [0.15, 0.2) is 47.6 Å². The number of hydrogen-bond acceptors (Lipinski definition) is 6. The van der Waals surface area contributed by atoms with E-state index in [4.69, 9.17) is 26.8 Å². The highest BCUT2D eigenvalue weighted by Crippen LogP contribution is 2.50. The van der Waals surface area contributed by atoms with E-state index in [9.17, 15) is 4.79 Å². The van der Waals surface area contributed by atoms with E-state index < -0.39 is 30.2 Å². The molecule has 0 aliphatic carbocycles. The molecule has 0 fully saturated rings. The summed E-state index contributed by atoms with van der Waals surface area (Å²) in [5.41, 5.74) is 4.21. The Morgan fingerprint density at radius 3 is 2.86 bits per heavy atom. The number of aliphatic imine (C=N–C) groups is 1. The van der Waals surface area contributed by atoms with Crippen molar-refractivity contribution in [2.75, 3.05) is 13.2 Å². The van der Waals surface area contributed by atoms with E-state index in [-0.39, 0.29) is 35.1 Å². The number of nitrogens with one attached hydrogen (secondary N) is 1. The first-order valence-corrected chi connectivity index (χ1v) is 9.20. The first kappa shape index (κ1) is 19.5. The third-order valence-corrected chi connectivity index (χ3v) is 5.22. The molecule has 4 rings (SSSR count). The molecule has 3 heterocycles. The minimum absolute atomic E-state index is 0.0456. The van der Waals surface area contributed by atoms with E-state index in [0.717, 1.165) is 0 Å². The predicted octanol–water partition coefficient (Wildman–Crippen LogP) is 2.49. The number of para-hydroxylation sites is 1. The summed E-state index contributed by atoms with van der Waals surface area (Å²) in [6, 6.07) is 9.50. The van der Waals surface area contributed by atoms with Gasteiger partial charge >= 0.3 is 0 Å². The third kappa shape index (κ3) is 3.30. The molecule has 1 amide bonds. The fourth-order valence-electron chi connectivity index (χ4n) is 3.48. The molecule has 7 nitrogen and oxygen atoms in total. The SMILES string of the molecule is NC1=NC2(CCOc3ccccc32)C(F)(F)CO[C@H]1NC(=O)c1ncccc1Cl. The lowest BCUT2D eigenvalue weighted by Gasteiger charge is -2.39. The molecular formula is C19H17ClF2N4O3. The Morgan fingerprint density at radius 1 is 1.28 bits per heavy atom. The largest absolute Gasteiger partial charge is 0.493 e. The van der Waals surface area contributed by atoms with Gasteiger partial charge in [-0.1, -0.05) is 29.8 Å². The quantitative estimate of drug-likeness (QED) is 0.774. The Bertz CT molecular complexity index is 987. The number of fused-ring (bicyclic) bond motifs is 2. The Labute approximate surface area is 169 Å². The molecule has 2 atom stereocenters. The number of carbonyl (C=O) groups excluding carboxylic acids is 1. The normalized spacial score (nSPS) is 25.3. The number of pyridine rings is 1. The topological polar surface area (TPSA) is 98.8 Å². The second-order valence-corrected chi connectivity index (χ2v) is 7.10. The van der Waals surface area contributed by atoms with Crippen molar-refractivity contribution < 1.29 is 23.0 Å². The Hall–Kier alpha value is -2.78. The Kier molecular flexibility index (Phi) is 4.87. The summed E-state index contributed by atoms with van der Waals surface area (Å²) in [6.45, 7) is -0.948. The molecule has 2 aromatic rings. The van der Waals surface area contributed by atoms with Crippen LogP contribution in [-0.4, -0.2) is 42.1 Å². The number of alkyl halides is 2. The fourth-order valence-corrected chi connectivity index (χ4v) is 3.69. The predicted molar refractivity (Wildman–Crippen MR) is 101 cm³/mol. The van der Waals surface area contributed by atoms with Gasteiger partial charge in [-0.2, -0.15) is 0 Å². The third-order valence-electron chi connectivity index (χ3n) is 4.91. The van der Waals surface area contributed by atoms with E-state index >= 15 is 8.78 Å². The Morgan fingerprint density at radius 2 is 2.07 bits per heavy atom. The summed E-state index contributed by atoms with van der Waals surface area (Å²) in [7, 11) is 0. The summed E-state index contributed by atoms with van der Waals surface area (Å²) in [5.74, 6) is -4.07. The maximum atomic E-state index is 15.3. The Balaban J connectivity index is 1.70. The van der Waals surface area contributed by atoms with Gasteiger partial charge in [0.05, 0.1) is 11.6 Å². The van der Waals surface area contributed by atoms with E-state index in [1.54, 1.807) is 24.3 Å². The van der Waals surface area contributed by atoms with Crippen LogP contribution in [0.1, 0.15) is 22.5 Å². The number of nitrogens with zero attached hydrogens (tertiary/aromatic N) is 2. The molecule has 0 bridgehead atoms. The van der Waals surface area contributed by atoms with Crippen LogP contribution in [-0.2, 0) is 10.3 Å². The number of carbonyl (C=O) groups is 1. The van der Waals surface area contributed by atoms with E-state index in [0.29, 0.717) is 5.75 Å². The van der Waals surface area contributed by atoms with Gasteiger partial charge in [-0.25, -0.2) is 13.8 Å². The van der Waals surface area contributed by atoms with Gasteiger partial charge in [-0.05, 0) is 18.2 Å². The lowest BCUT2D eigenvalue weighted by atomic mass is 9.79. The van der Waals surface area contributed by atoms with Crippen molar-refractivity contribution in [1.82, 2.24) is 10.3 Å². The standard InChI is InChI=1S/C19H17ClF2N4O3/c20-12-5-3-8-24-14(12)16(27)25-17-15(23)26-18(19(21,22)10-29-17)7-9-28-13-6-2-1-4-11(13)18/h1-6,8,17H,7,9-10H2,(H2,23,26)(H,25,27)/t17-,18?/m1/s1. The molecule has 0 saturated carbocycles. The van der Waals surface area contributed by atoms with Gasteiger partial charge in [0.15, 0.2) is 11.8 Å². The van der Waals surface area contributed by atoms with E-state index in [1.165, 1.54) is 18.3 Å². The number of ether oxygens (including phenoxy) is 2. The number of aromatic nitrogens is 1. The lowest BCUT2D eigenvalue weighted by molar-refractivity contribution is -0.140. The second-order valence-electron chi connectivity index (χ2n) is 6.69. The number of halogens is 3. The summed E-state index contributed by atoms with van der Waals surface area (Å²) in [6.07, 6.45) is -0.0666. The van der Waals surface area contributed by atoms with Crippen molar-refractivity contribution in [1.29, 1.82) is 0 Å². The molecule has 1 spiro atoms. The van der Waals surface area contributed by atoms with Crippen molar-refractivity contribution >= 4 is 23.3 Å². The number of amides is 1. The highest BCUT2D eigenvalue weighted by Gasteiger charge is 2.59. The number of rotatable bonds is 2. The minimum atomic E-state index is -3.39. The van der Waals surface area contributed by atoms with Crippen LogP contribution in [0.5, 0.6) is 5.75 Å². The molecule has 0 saturated heterocycles. The summed E-state index contributed by atoms with van der Waals surface area (Å²) < 4.78 is 41.3. The van der Waals surface area contributed by atoms with Gasteiger partial charge in [0.1, 0.15) is 23.9 Å². The van der Waals surface area contributed by atoms with Crippen molar-refractivity contribution in [2.24, 2.45) is 10.7 Å². The average molecular weight is 423 g/mol. The van der Waals surface area contributed by atoms with Gasteiger partial charge in [0.25, 0.3) is 11.8 Å². The van der Waals surface area contributed by atoms with Crippen LogP contribution in [0.3, 0.4) is 0 Å². The molecule has 1 aromatic heterocycles. The summed E-state index contributed by atoms with van der Waals surface area (Å²) in [5, 5.41) is 2.53. The number of amidine groups is 1. The van der Waals surface area contributed by atoms with Gasteiger partial charge < -0.3 is 20.5 Å². The van der Waals surface area contributed by atoms with E-state index in [2.05, 4.69) is 15.3 Å². The van der Waals surface area contributed by atoms with Crippen LogP contribution in [0, 0.1) is 0 Å². The molecule has 0 radical (unpaired) electrons. The molecule has 152 valence electrons. The molecule has 1 unspecified atom stereocenters. The maximum absolute atomic E-state index is 15.3. The van der Waals surface area contributed by atoms with Crippen LogP contribution in [0.4, 0.5) is 8.78 Å². The van der Waals surface area contributed by atoms with Gasteiger partial charge in [-0.3, -0.25) is 9.79 Å². The lowest BCUT2D eigenvalue weighted by Crippen LogP contribution is -2.49. The fraction of sp³-hybridized carbons (Fsp3) is 0.316. The maximum Gasteiger partial charge on any atom is 0.300 e. The summed E-state index contributed by atoms with van der Waals surface area (Å²) >= 11 is 5.96. The van der Waals surface area contributed by atoms with Gasteiger partial charge in [-0.15, -0.1) is 0 Å². The minimum Gasteiger partial charge on any atom is -0.493 e. The van der Waals surface area contributed by atoms with Crippen molar-refractivity contribution in [3.63, 3.8) is 0 Å². The zero-order valence-corrected chi connectivity index (χ0v) is 15.8.